The molecule has 0 amide bonds. The molecule has 3 aliphatic carbocycles. The monoisotopic (exact) mass is 740 g/mol. The van der Waals surface area contributed by atoms with Gasteiger partial charge >= 0.3 is 0 Å². The number of ether oxygens (including phenoxy) is 3. The Morgan fingerprint density at radius 2 is 0.881 bits per heavy atom. The molecule has 0 fully saturated rings. The molecule has 0 atom stereocenters. The third kappa shape index (κ3) is 11.0. The number of carbonyl (C=O) groups is 3. The van der Waals surface area contributed by atoms with E-state index in [1.165, 1.54) is 21.3 Å². The minimum absolute atomic E-state index is 0. The molecule has 0 heterocycles. The van der Waals surface area contributed by atoms with Gasteiger partial charge in [0.2, 0.25) is 17.3 Å². The molecule has 0 saturated heterocycles. The second kappa shape index (κ2) is 19.9. The molecular weight excluding hydrogens is 701 g/mol. The molecule has 0 unspecified atom stereocenters. The number of allylic oxidation sites excluding steroid dienone is 12. The van der Waals surface area contributed by atoms with E-state index in [0.717, 1.165) is 0 Å². The fraction of sp³-hybridized carbons (Fsp3) is 0.300. The standard InChI is InChI=1S/C30H36N4O6.H2O.Yb/c1-38-25-10-4-7-22(28(25)35)19-31-13-16-34(17-14-32-20-23-8-5-11-26(39-2)29(23)36)18-15-33-21-24-9-6-12-27(40-3)30(24)37;;/h4-12,19-21,31-33H,13-18H2,1-3H3;1H2;/b22-19-,23-20-,24-21+;;. The molecule has 0 saturated carbocycles. The van der Waals surface area contributed by atoms with Crippen molar-refractivity contribution in [2.75, 3.05) is 60.6 Å². The maximum atomic E-state index is 12.3. The van der Waals surface area contributed by atoms with Crippen LogP contribution in [0.25, 0.3) is 0 Å². The molecule has 11 nitrogen and oxygen atoms in total. The van der Waals surface area contributed by atoms with Gasteiger partial charge in [0, 0.05) is 122 Å². The fourth-order valence-electron chi connectivity index (χ4n) is 3.97. The van der Waals surface area contributed by atoms with Crippen molar-refractivity contribution in [1.82, 2.24) is 20.9 Å². The molecule has 42 heavy (non-hydrogen) atoms. The summed E-state index contributed by atoms with van der Waals surface area (Å²) >= 11 is 0. The zero-order chi connectivity index (χ0) is 28.7. The number of rotatable bonds is 15. The van der Waals surface area contributed by atoms with Crippen molar-refractivity contribution in [2.45, 2.75) is 0 Å². The number of nitrogens with one attached hydrogen (secondary N) is 3. The predicted octanol–water partition coefficient (Wildman–Crippen LogP) is 0.892. The van der Waals surface area contributed by atoms with Crippen molar-refractivity contribution in [2.24, 2.45) is 0 Å². The van der Waals surface area contributed by atoms with E-state index in [2.05, 4.69) is 20.9 Å². The first kappa shape index (κ1) is 36.9. The van der Waals surface area contributed by atoms with Crippen LogP contribution in [0.5, 0.6) is 0 Å². The maximum Gasteiger partial charge on any atom is 0.228 e. The molecule has 234 valence electrons. The van der Waals surface area contributed by atoms with Crippen molar-refractivity contribution < 1.29 is 81.0 Å². The van der Waals surface area contributed by atoms with Gasteiger partial charge in [-0.3, -0.25) is 19.3 Å². The average Bonchev–Trinajstić information content (AvgIpc) is 2.97. The number of methoxy groups -OCH3 is 3. The molecular formula is C30H38N4O7Yb. The molecule has 0 aromatic heterocycles. The first-order chi connectivity index (χ1) is 19.5. The van der Waals surface area contributed by atoms with Crippen LogP contribution in [0.3, 0.4) is 0 Å². The molecule has 3 rings (SSSR count). The topological polar surface area (TPSA) is 150 Å². The van der Waals surface area contributed by atoms with Gasteiger partial charge in [-0.05, 0) is 36.5 Å². The first-order valence-electron chi connectivity index (χ1n) is 12.9. The minimum Gasteiger partial charge on any atom is -0.493 e. The van der Waals surface area contributed by atoms with E-state index in [1.807, 2.05) is 0 Å². The summed E-state index contributed by atoms with van der Waals surface area (Å²) in [6.07, 6.45) is 20.5. The summed E-state index contributed by atoms with van der Waals surface area (Å²) in [6.45, 7) is 3.88. The maximum absolute atomic E-state index is 12.3. The van der Waals surface area contributed by atoms with Gasteiger partial charge in [0.05, 0.1) is 21.3 Å². The van der Waals surface area contributed by atoms with Crippen LogP contribution in [0.15, 0.2) is 107 Å². The largest absolute Gasteiger partial charge is 0.493 e. The molecule has 0 radical (unpaired) electrons. The normalized spacial score (nSPS) is 18.7. The third-order valence-electron chi connectivity index (χ3n) is 6.18. The van der Waals surface area contributed by atoms with Crippen LogP contribution in [0, 0.1) is 46.9 Å². The number of hydrogen-bond acceptors (Lipinski definition) is 10. The molecule has 0 spiro atoms. The smallest absolute Gasteiger partial charge is 0.228 e. The summed E-state index contributed by atoms with van der Waals surface area (Å²) in [7, 11) is 4.42. The van der Waals surface area contributed by atoms with E-state index in [-0.39, 0.29) is 69.7 Å². The Kier molecular flexibility index (Phi) is 17.5. The van der Waals surface area contributed by atoms with E-state index in [1.54, 1.807) is 73.3 Å². The van der Waals surface area contributed by atoms with Gasteiger partial charge in [0.25, 0.3) is 0 Å². The van der Waals surface area contributed by atoms with Crippen molar-refractivity contribution >= 4 is 17.3 Å². The zero-order valence-corrected chi connectivity index (χ0v) is 25.5. The van der Waals surface area contributed by atoms with Crippen LogP contribution < -0.4 is 16.0 Å². The predicted molar refractivity (Wildman–Crippen MR) is 156 cm³/mol. The second-order valence-electron chi connectivity index (χ2n) is 8.77. The van der Waals surface area contributed by atoms with Gasteiger partial charge in [-0.2, -0.15) is 0 Å². The molecule has 0 aromatic carbocycles. The van der Waals surface area contributed by atoms with Gasteiger partial charge in [-0.25, -0.2) is 0 Å². The van der Waals surface area contributed by atoms with Crippen molar-refractivity contribution in [1.29, 1.82) is 0 Å². The van der Waals surface area contributed by atoms with Crippen LogP contribution in [-0.2, 0) is 28.6 Å². The van der Waals surface area contributed by atoms with E-state index >= 15 is 0 Å². The fourth-order valence-corrected chi connectivity index (χ4v) is 3.97. The van der Waals surface area contributed by atoms with Crippen molar-refractivity contribution in [3.05, 3.63) is 107 Å². The molecule has 0 bridgehead atoms. The molecule has 12 heteroatoms. The summed E-state index contributed by atoms with van der Waals surface area (Å²) in [6, 6.07) is 0. The van der Waals surface area contributed by atoms with Gasteiger partial charge in [-0.1, -0.05) is 18.2 Å². The third-order valence-corrected chi connectivity index (χ3v) is 6.18. The number of ketones is 3. The van der Waals surface area contributed by atoms with Crippen LogP contribution in [0.2, 0.25) is 0 Å². The Balaban J connectivity index is 0.00000441. The Morgan fingerprint density at radius 3 is 1.14 bits per heavy atom. The van der Waals surface area contributed by atoms with E-state index in [9.17, 15) is 14.4 Å². The van der Waals surface area contributed by atoms with Gasteiger partial charge < -0.3 is 35.6 Å². The SMILES string of the molecule is COC1=CC=C/C(=C/NCCN(CCN/C=C2/C=CC=C(OC)C2=O)CCN/C=C2\C=CC=C(OC)C2=O)C1=O.O.[Yb]. The van der Waals surface area contributed by atoms with Crippen LogP contribution in [-0.4, -0.2) is 88.3 Å². The second-order valence-corrected chi connectivity index (χ2v) is 8.77. The summed E-state index contributed by atoms with van der Waals surface area (Å²) in [5.74, 6) is 0.405. The summed E-state index contributed by atoms with van der Waals surface area (Å²) in [4.78, 5) is 39.3. The Labute approximate surface area is 285 Å². The van der Waals surface area contributed by atoms with Gasteiger partial charge in [0.15, 0.2) is 17.3 Å². The zero-order valence-electron chi connectivity index (χ0n) is 23.8. The van der Waals surface area contributed by atoms with E-state index in [0.29, 0.717) is 73.3 Å². The summed E-state index contributed by atoms with van der Waals surface area (Å²) < 4.78 is 15.3. The van der Waals surface area contributed by atoms with Crippen LogP contribution >= 0.6 is 0 Å². The number of hydrogen-bond donors (Lipinski definition) is 3. The Morgan fingerprint density at radius 1 is 0.595 bits per heavy atom. The van der Waals surface area contributed by atoms with Gasteiger partial charge in [0.1, 0.15) is 0 Å². The van der Waals surface area contributed by atoms with Crippen LogP contribution in [0.4, 0.5) is 0 Å². The Hall–Kier alpha value is -3.09. The summed E-state index contributed by atoms with van der Waals surface area (Å²) in [5.41, 5.74) is 1.57. The van der Waals surface area contributed by atoms with Crippen molar-refractivity contribution in [3.8, 4) is 0 Å². The van der Waals surface area contributed by atoms with Crippen LogP contribution in [0.1, 0.15) is 0 Å². The van der Waals surface area contributed by atoms with Gasteiger partial charge in [-0.15, -0.1) is 0 Å². The van der Waals surface area contributed by atoms with E-state index < -0.39 is 0 Å². The Bertz CT molecular complexity index is 1100. The average molecular weight is 740 g/mol. The van der Waals surface area contributed by atoms with Crippen molar-refractivity contribution in [3.63, 3.8) is 0 Å². The number of Topliss-reactive ketones (excluding diaryl/α,β-unsaturated/α-hetero) is 3. The quantitative estimate of drug-likeness (QED) is 0.163. The molecule has 5 N–H and O–H groups in total. The molecule has 3 aliphatic rings. The number of nitrogens with zero attached hydrogens (tertiary/aromatic N) is 1. The van der Waals surface area contributed by atoms with E-state index in [4.69, 9.17) is 14.2 Å². The minimum atomic E-state index is -0.167. The number of carbonyl (C=O) groups excluding carboxylic acids is 3. The molecule has 0 aliphatic heterocycles. The first-order valence-corrected chi connectivity index (χ1v) is 12.9. The summed E-state index contributed by atoms with van der Waals surface area (Å²) in [5, 5.41) is 9.62. The molecule has 0 aromatic rings.